The normalized spacial score (nSPS) is 24.3. The van der Waals surface area contributed by atoms with E-state index in [0.29, 0.717) is 12.6 Å². The van der Waals surface area contributed by atoms with Crippen LogP contribution in [0.15, 0.2) is 72.8 Å². The number of esters is 1. The maximum atomic E-state index is 12.2. The zero-order chi connectivity index (χ0) is 34.9. The lowest BCUT2D eigenvalue weighted by molar-refractivity contribution is -0.276. The van der Waals surface area contributed by atoms with E-state index >= 15 is 0 Å². The van der Waals surface area contributed by atoms with Crippen LogP contribution < -0.4 is 10.6 Å². The number of rotatable bonds is 13. The van der Waals surface area contributed by atoms with Crippen LogP contribution in [0.25, 0.3) is 11.1 Å². The van der Waals surface area contributed by atoms with Crippen LogP contribution in [-0.4, -0.2) is 84.9 Å². The maximum Gasteiger partial charge on any atom is 0.325 e. The van der Waals surface area contributed by atoms with E-state index < -0.39 is 18.3 Å². The average molecular weight is 685 g/mol. The molecule has 3 aliphatic heterocycles. The van der Waals surface area contributed by atoms with Crippen molar-refractivity contribution in [3.05, 3.63) is 95.1 Å². The highest BCUT2D eigenvalue weighted by Gasteiger charge is 2.41. The van der Waals surface area contributed by atoms with Gasteiger partial charge in [0.15, 0.2) is 6.29 Å². The molecular weight excluding hydrogens is 632 g/mol. The van der Waals surface area contributed by atoms with Gasteiger partial charge in [-0.2, -0.15) is 0 Å². The Balaban J connectivity index is 1.18. The molecule has 0 unspecified atom stereocenters. The minimum atomic E-state index is -0.550. The molecule has 3 aromatic carbocycles. The van der Waals surface area contributed by atoms with Crippen molar-refractivity contribution in [3.63, 3.8) is 0 Å². The van der Waals surface area contributed by atoms with Crippen LogP contribution in [0.3, 0.4) is 0 Å². The fourth-order valence-electron chi connectivity index (χ4n) is 7.50. The number of urea groups is 1. The summed E-state index contributed by atoms with van der Waals surface area (Å²) < 4.78 is 18.6. The Labute approximate surface area is 296 Å². The largest absolute Gasteiger partial charge is 0.465 e. The van der Waals surface area contributed by atoms with E-state index in [1.54, 1.807) is 6.92 Å². The second-order valence-electron chi connectivity index (χ2n) is 13.8. The van der Waals surface area contributed by atoms with Crippen LogP contribution in [0.5, 0.6) is 0 Å². The summed E-state index contributed by atoms with van der Waals surface area (Å²) in [4.78, 5) is 29.1. The number of hydrogen-bond donors (Lipinski definition) is 3. The molecule has 0 radical (unpaired) electrons. The Morgan fingerprint density at radius 3 is 2.38 bits per heavy atom. The van der Waals surface area contributed by atoms with Crippen molar-refractivity contribution in [1.29, 1.82) is 0 Å². The molecule has 3 aromatic rings. The second-order valence-corrected chi connectivity index (χ2v) is 13.8. The topological polar surface area (TPSA) is 113 Å². The summed E-state index contributed by atoms with van der Waals surface area (Å²) in [5.41, 5.74) is 5.88. The first-order valence-corrected chi connectivity index (χ1v) is 18.2. The molecule has 2 amide bonds. The number of aliphatic hydroxyl groups is 1. The number of benzene rings is 3. The highest BCUT2D eigenvalue weighted by atomic mass is 16.7. The molecule has 0 bridgehead atoms. The first-order valence-electron chi connectivity index (χ1n) is 18.2. The van der Waals surface area contributed by atoms with Crippen LogP contribution in [0.1, 0.15) is 74.2 Å². The molecule has 10 nitrogen and oxygen atoms in total. The highest BCUT2D eigenvalue weighted by Crippen LogP contribution is 2.43. The molecule has 3 heterocycles. The Morgan fingerprint density at radius 2 is 1.62 bits per heavy atom. The van der Waals surface area contributed by atoms with Gasteiger partial charge in [0.1, 0.15) is 6.54 Å². The Bertz CT molecular complexity index is 1560. The highest BCUT2D eigenvalue weighted by molar-refractivity contribution is 5.80. The van der Waals surface area contributed by atoms with Crippen molar-refractivity contribution in [2.75, 3.05) is 45.9 Å². The fourth-order valence-corrected chi connectivity index (χ4v) is 7.50. The molecule has 3 saturated heterocycles. The van der Waals surface area contributed by atoms with Crippen LogP contribution in [0.2, 0.25) is 0 Å². The molecule has 5 atom stereocenters. The van der Waals surface area contributed by atoms with Gasteiger partial charge in [-0.15, -0.1) is 0 Å². The number of nitrogens with zero attached hydrogens (tertiary/aromatic N) is 2. The maximum absolute atomic E-state index is 12.2. The van der Waals surface area contributed by atoms with Crippen LogP contribution in [-0.2, 0) is 32.2 Å². The second kappa shape index (κ2) is 17.4. The molecule has 3 fully saturated rings. The third-order valence-electron chi connectivity index (χ3n) is 10.3. The molecule has 0 spiro atoms. The number of amides is 2. The molecule has 268 valence electrons. The summed E-state index contributed by atoms with van der Waals surface area (Å²) in [6.45, 7) is 9.91. The Hall–Kier alpha value is -3.80. The van der Waals surface area contributed by atoms with Crippen molar-refractivity contribution in [2.45, 2.75) is 77.2 Å². The Morgan fingerprint density at radius 1 is 0.860 bits per heavy atom. The minimum Gasteiger partial charge on any atom is -0.465 e. The summed E-state index contributed by atoms with van der Waals surface area (Å²) in [5.74, 6) is -0.346. The van der Waals surface area contributed by atoms with Gasteiger partial charge in [-0.1, -0.05) is 67.6 Å². The van der Waals surface area contributed by atoms with Crippen molar-refractivity contribution >= 4 is 12.0 Å². The predicted octanol–water partition coefficient (Wildman–Crippen LogP) is 5.56. The standard InChI is InChI=1S/C40H52N4O6/c1-3-48-37(46)24-42-40(47)41-23-30-9-6-10-32(21-30)33-11-7-12-34(22-33)39-49-36(26-44-20-8-13-35(44)25-43-18-4-5-19-43)28(2)38(50-39)31-16-14-29(27-45)15-17-31/h6-7,9-12,14-17,21-22,28,35-36,38-39,45H,3-5,8,13,18-20,23-27H2,1-2H3,(H2,41,42,47)/t28-,35-,36+,38+,39+/m0/s1. The van der Waals surface area contributed by atoms with Crippen molar-refractivity contribution in [2.24, 2.45) is 5.92 Å². The number of aliphatic hydroxyl groups excluding tert-OH is 1. The van der Waals surface area contributed by atoms with Gasteiger partial charge in [0.05, 0.1) is 25.4 Å². The average Bonchev–Trinajstić information content (AvgIpc) is 3.83. The third kappa shape index (κ3) is 9.30. The first kappa shape index (κ1) is 36.0. The summed E-state index contributed by atoms with van der Waals surface area (Å²) in [5, 5.41) is 15.0. The molecule has 3 aliphatic rings. The number of likely N-dealkylation sites (tertiary alicyclic amines) is 2. The van der Waals surface area contributed by atoms with E-state index in [9.17, 15) is 14.7 Å². The van der Waals surface area contributed by atoms with Crippen molar-refractivity contribution < 1.29 is 28.9 Å². The number of ether oxygens (including phenoxy) is 3. The van der Waals surface area contributed by atoms with Crippen LogP contribution in [0, 0.1) is 5.92 Å². The summed E-state index contributed by atoms with van der Waals surface area (Å²) in [6.07, 6.45) is 4.33. The lowest BCUT2D eigenvalue weighted by Gasteiger charge is -2.43. The van der Waals surface area contributed by atoms with Crippen LogP contribution >= 0.6 is 0 Å². The molecule has 0 aliphatic carbocycles. The first-order chi connectivity index (χ1) is 24.4. The quantitative estimate of drug-likeness (QED) is 0.201. The molecule has 0 saturated carbocycles. The van der Waals surface area contributed by atoms with Crippen molar-refractivity contribution in [3.8, 4) is 11.1 Å². The number of nitrogens with one attached hydrogen (secondary N) is 2. The van der Waals surface area contributed by atoms with E-state index in [4.69, 9.17) is 14.2 Å². The van der Waals surface area contributed by atoms with Gasteiger partial charge in [-0.25, -0.2) is 4.79 Å². The molecule has 3 N–H and O–H groups in total. The Kier molecular flexibility index (Phi) is 12.5. The predicted molar refractivity (Wildman–Crippen MR) is 192 cm³/mol. The van der Waals surface area contributed by atoms with E-state index in [1.807, 2.05) is 30.3 Å². The lowest BCUT2D eigenvalue weighted by atomic mass is 9.89. The number of carbonyl (C=O) groups excluding carboxylic acids is 2. The van der Waals surface area contributed by atoms with Gasteiger partial charge in [-0.05, 0) is 92.2 Å². The molecule has 10 heteroatoms. The SMILES string of the molecule is CCOC(=O)CNC(=O)NCc1cccc(-c2cccc([C@@H]3O[C@H](CN4CCC[C@H]4CN4CCCC4)[C@H](C)[C@H](c4ccc(CO)cc4)O3)c2)c1. The van der Waals surface area contributed by atoms with E-state index in [2.05, 4.69) is 69.8 Å². The van der Waals surface area contributed by atoms with E-state index in [1.165, 1.54) is 38.8 Å². The zero-order valence-electron chi connectivity index (χ0n) is 29.4. The van der Waals surface area contributed by atoms with Gasteiger partial charge < -0.3 is 34.9 Å². The third-order valence-corrected chi connectivity index (χ3v) is 10.3. The van der Waals surface area contributed by atoms with Gasteiger partial charge in [0.2, 0.25) is 0 Å². The summed E-state index contributed by atoms with van der Waals surface area (Å²) in [7, 11) is 0. The van der Waals surface area contributed by atoms with E-state index in [-0.39, 0.29) is 37.9 Å². The van der Waals surface area contributed by atoms with Crippen molar-refractivity contribution in [1.82, 2.24) is 20.4 Å². The summed E-state index contributed by atoms with van der Waals surface area (Å²) in [6, 6.07) is 24.6. The fraction of sp³-hybridized carbons (Fsp3) is 0.500. The lowest BCUT2D eigenvalue weighted by Crippen LogP contribution is -2.48. The van der Waals surface area contributed by atoms with Gasteiger partial charge in [-0.3, -0.25) is 9.69 Å². The monoisotopic (exact) mass is 684 g/mol. The van der Waals surface area contributed by atoms with Gasteiger partial charge >= 0.3 is 12.0 Å². The summed E-state index contributed by atoms with van der Waals surface area (Å²) >= 11 is 0. The number of hydrogen-bond acceptors (Lipinski definition) is 8. The molecule has 50 heavy (non-hydrogen) atoms. The molecule has 6 rings (SSSR count). The molecular formula is C40H52N4O6. The number of carbonyl (C=O) groups is 2. The van der Waals surface area contributed by atoms with Crippen LogP contribution in [0.4, 0.5) is 4.79 Å². The van der Waals surface area contributed by atoms with E-state index in [0.717, 1.165) is 53.0 Å². The molecule has 0 aromatic heterocycles. The minimum absolute atomic E-state index is 0.00974. The van der Waals surface area contributed by atoms with Gasteiger partial charge in [0, 0.05) is 37.2 Å². The smallest absolute Gasteiger partial charge is 0.325 e. The zero-order valence-corrected chi connectivity index (χ0v) is 29.4. The van der Waals surface area contributed by atoms with Gasteiger partial charge in [0.25, 0.3) is 0 Å².